The first-order valence-corrected chi connectivity index (χ1v) is 11.7. The molecule has 0 radical (unpaired) electrons. The molecule has 0 spiro atoms. The van der Waals surface area contributed by atoms with Gasteiger partial charge in [-0.25, -0.2) is 8.42 Å². The zero-order valence-corrected chi connectivity index (χ0v) is 18.3. The molecule has 0 saturated heterocycles. The zero-order chi connectivity index (χ0) is 22.4. The molecule has 0 saturated carbocycles. The summed E-state index contributed by atoms with van der Waals surface area (Å²) in [4.78, 5) is 12.3. The van der Waals surface area contributed by atoms with Gasteiger partial charge >= 0.3 is 0 Å². The van der Waals surface area contributed by atoms with Crippen molar-refractivity contribution in [2.45, 2.75) is 17.9 Å². The zero-order valence-electron chi connectivity index (χ0n) is 16.7. The van der Waals surface area contributed by atoms with Crippen LogP contribution in [0.3, 0.4) is 0 Å². The molecule has 0 aliphatic rings. The minimum absolute atomic E-state index is 0.00794. The predicted octanol–water partition coefficient (Wildman–Crippen LogP) is 3.37. The molecule has 0 atom stereocenters. The third kappa shape index (κ3) is 6.21. The fourth-order valence-corrected chi connectivity index (χ4v) is 3.90. The van der Waals surface area contributed by atoms with Gasteiger partial charge in [-0.1, -0.05) is 53.3 Å². The average Bonchev–Trinajstić information content (AvgIpc) is 3.21. The van der Waals surface area contributed by atoms with Gasteiger partial charge < -0.3 is 4.74 Å². The molecule has 1 amide bonds. The summed E-state index contributed by atoms with van der Waals surface area (Å²) in [5.74, 6) is -0.0544. The molecule has 0 unspecified atom stereocenters. The first kappa shape index (κ1) is 22.1. The molecule has 1 heterocycles. The summed E-state index contributed by atoms with van der Waals surface area (Å²) in [5.41, 5.74) is 2.70. The Labute approximate surface area is 183 Å². The summed E-state index contributed by atoms with van der Waals surface area (Å²) >= 11 is 0.713. The van der Waals surface area contributed by atoms with Crippen LogP contribution in [0.2, 0.25) is 0 Å². The van der Waals surface area contributed by atoms with E-state index < -0.39 is 15.7 Å². The van der Waals surface area contributed by atoms with Crippen LogP contribution in [-0.2, 0) is 21.2 Å². The van der Waals surface area contributed by atoms with Crippen molar-refractivity contribution >= 4 is 38.3 Å². The van der Waals surface area contributed by atoms with E-state index in [0.29, 0.717) is 29.3 Å². The normalized spacial score (nSPS) is 11.6. The Balaban J connectivity index is 1.64. The van der Waals surface area contributed by atoms with E-state index in [0.717, 1.165) is 11.8 Å². The first-order valence-electron chi connectivity index (χ1n) is 9.00. The van der Waals surface area contributed by atoms with E-state index in [-0.39, 0.29) is 15.0 Å². The topological polar surface area (TPSA) is 122 Å². The minimum Gasteiger partial charge on any atom is -0.489 e. The van der Waals surface area contributed by atoms with Gasteiger partial charge in [0.1, 0.15) is 24.0 Å². The maximum absolute atomic E-state index is 12.3. The summed E-state index contributed by atoms with van der Waals surface area (Å²) in [5, 5.41) is 18.8. The van der Waals surface area contributed by atoms with E-state index in [1.807, 2.05) is 37.3 Å². The number of hydrogen-bond donors (Lipinski definition) is 1. The van der Waals surface area contributed by atoms with Crippen molar-refractivity contribution in [2.75, 3.05) is 11.6 Å². The summed E-state index contributed by atoms with van der Waals surface area (Å²) < 4.78 is 28.4. The van der Waals surface area contributed by atoms with Crippen LogP contribution in [0.15, 0.2) is 58.4 Å². The number of rotatable bonds is 7. The van der Waals surface area contributed by atoms with E-state index in [2.05, 4.69) is 15.5 Å². The lowest BCUT2D eigenvalue weighted by Gasteiger charge is -2.07. The number of hydrogen-bond acceptors (Lipinski definition) is 8. The minimum atomic E-state index is -3.52. The highest BCUT2D eigenvalue weighted by atomic mass is 32.2. The molecule has 3 aromatic rings. The van der Waals surface area contributed by atoms with E-state index in [9.17, 15) is 18.5 Å². The van der Waals surface area contributed by atoms with E-state index >= 15 is 0 Å². The number of nitriles is 1. The lowest BCUT2D eigenvalue weighted by atomic mass is 10.1. The number of aromatic nitrogens is 2. The van der Waals surface area contributed by atoms with Gasteiger partial charge in [0.25, 0.3) is 5.91 Å². The molecule has 158 valence electrons. The molecule has 1 N–H and O–H groups in total. The van der Waals surface area contributed by atoms with E-state index in [1.54, 1.807) is 24.3 Å². The van der Waals surface area contributed by atoms with Crippen LogP contribution in [0.4, 0.5) is 5.13 Å². The van der Waals surface area contributed by atoms with Crippen LogP contribution in [-0.4, -0.2) is 30.8 Å². The molecule has 8 nitrogen and oxygen atoms in total. The fraction of sp³-hybridized carbons (Fsp3) is 0.143. The van der Waals surface area contributed by atoms with Gasteiger partial charge in [0.15, 0.2) is 0 Å². The van der Waals surface area contributed by atoms with Crippen LogP contribution in [0.25, 0.3) is 6.08 Å². The smallest absolute Gasteiger partial charge is 0.268 e. The molecular weight excluding hydrogens is 436 g/mol. The molecule has 2 aromatic carbocycles. The van der Waals surface area contributed by atoms with Gasteiger partial charge in [0.2, 0.25) is 19.3 Å². The lowest BCUT2D eigenvalue weighted by molar-refractivity contribution is -0.112. The van der Waals surface area contributed by atoms with Crippen LogP contribution in [0.1, 0.15) is 16.7 Å². The molecule has 0 fully saturated rings. The van der Waals surface area contributed by atoms with Crippen molar-refractivity contribution in [1.82, 2.24) is 10.2 Å². The van der Waals surface area contributed by atoms with Gasteiger partial charge in [0.05, 0.1) is 0 Å². The Kier molecular flexibility index (Phi) is 6.79. The fourth-order valence-electron chi connectivity index (χ4n) is 2.40. The van der Waals surface area contributed by atoms with Crippen molar-refractivity contribution in [2.24, 2.45) is 0 Å². The Morgan fingerprint density at radius 2 is 1.84 bits per heavy atom. The molecular formula is C21H18N4O4S2. The Morgan fingerprint density at radius 1 is 1.16 bits per heavy atom. The predicted molar refractivity (Wildman–Crippen MR) is 117 cm³/mol. The number of carbonyl (C=O) groups excluding carboxylic acids is 1. The van der Waals surface area contributed by atoms with Gasteiger partial charge in [-0.3, -0.25) is 10.1 Å². The van der Waals surface area contributed by atoms with Crippen molar-refractivity contribution in [3.05, 3.63) is 70.8 Å². The number of amides is 1. The highest BCUT2D eigenvalue weighted by Gasteiger charge is 2.17. The Bertz CT molecular complexity index is 1260. The number of nitrogens with one attached hydrogen (secondary N) is 1. The molecule has 0 bridgehead atoms. The number of nitrogens with zero attached hydrogens (tertiary/aromatic N) is 3. The van der Waals surface area contributed by atoms with Crippen LogP contribution in [0, 0.1) is 18.3 Å². The van der Waals surface area contributed by atoms with Crippen LogP contribution >= 0.6 is 11.3 Å². The van der Waals surface area contributed by atoms with Gasteiger partial charge in [-0.05, 0) is 36.3 Å². The highest BCUT2D eigenvalue weighted by Crippen LogP contribution is 2.21. The number of benzene rings is 2. The molecule has 1 aromatic heterocycles. The van der Waals surface area contributed by atoms with Gasteiger partial charge in [-0.15, -0.1) is 10.2 Å². The molecule has 31 heavy (non-hydrogen) atoms. The van der Waals surface area contributed by atoms with Crippen molar-refractivity contribution < 1.29 is 17.9 Å². The van der Waals surface area contributed by atoms with Crippen molar-refractivity contribution in [1.29, 1.82) is 5.26 Å². The number of aryl methyl sites for hydroxylation is 1. The second kappa shape index (κ2) is 9.51. The number of carbonyl (C=O) groups is 1. The summed E-state index contributed by atoms with van der Waals surface area (Å²) in [7, 11) is -3.52. The molecule has 10 heteroatoms. The third-order valence-electron chi connectivity index (χ3n) is 4.03. The van der Waals surface area contributed by atoms with E-state index in [4.69, 9.17) is 4.74 Å². The Morgan fingerprint density at radius 3 is 2.42 bits per heavy atom. The highest BCUT2D eigenvalue weighted by molar-refractivity contribution is 7.92. The lowest BCUT2D eigenvalue weighted by Crippen LogP contribution is -2.13. The second-order valence-corrected chi connectivity index (χ2v) is 9.78. The largest absolute Gasteiger partial charge is 0.489 e. The van der Waals surface area contributed by atoms with Crippen molar-refractivity contribution in [3.63, 3.8) is 0 Å². The van der Waals surface area contributed by atoms with Crippen LogP contribution < -0.4 is 10.1 Å². The molecule has 0 aliphatic carbocycles. The SMILES string of the molecule is Cc1ccc(COc2ccc(/C=C(/C#N)C(=O)Nc3nnc(S(C)(=O)=O)s3)cc2)cc1. The maximum Gasteiger partial charge on any atom is 0.268 e. The molecule has 3 rings (SSSR count). The third-order valence-corrected chi connectivity index (χ3v) is 6.53. The quantitative estimate of drug-likeness (QED) is 0.330. The molecule has 0 aliphatic heterocycles. The monoisotopic (exact) mass is 454 g/mol. The maximum atomic E-state index is 12.3. The number of ether oxygens (including phenoxy) is 1. The number of sulfone groups is 1. The van der Waals surface area contributed by atoms with Gasteiger partial charge in [0, 0.05) is 6.26 Å². The first-order chi connectivity index (χ1) is 14.7. The number of anilines is 1. The summed E-state index contributed by atoms with van der Waals surface area (Å²) in [6.45, 7) is 2.45. The Hall–Kier alpha value is -3.55. The van der Waals surface area contributed by atoms with E-state index in [1.165, 1.54) is 11.6 Å². The summed E-state index contributed by atoms with van der Waals surface area (Å²) in [6.07, 6.45) is 2.41. The van der Waals surface area contributed by atoms with Crippen molar-refractivity contribution in [3.8, 4) is 11.8 Å². The van der Waals surface area contributed by atoms with Gasteiger partial charge in [-0.2, -0.15) is 5.26 Å². The standard InChI is InChI=1S/C21H18N4O4S2/c1-14-3-5-16(6-4-14)13-29-18-9-7-15(8-10-18)11-17(12-22)19(26)23-20-24-25-21(30-20)31(2,27)28/h3-11H,13H2,1-2H3,(H,23,24,26)/b17-11-. The summed E-state index contributed by atoms with van der Waals surface area (Å²) in [6, 6.07) is 16.8. The van der Waals surface area contributed by atoms with Crippen LogP contribution in [0.5, 0.6) is 5.75 Å². The second-order valence-electron chi connectivity index (χ2n) is 6.61. The average molecular weight is 455 g/mol.